The molecule has 0 spiro atoms. The number of ether oxygens (including phenoxy) is 1. The number of hydrogen-bond donors (Lipinski definition) is 1. The predicted molar refractivity (Wildman–Crippen MR) is 64.7 cm³/mol. The molecule has 5 heteroatoms. The number of halogens is 1. The number of carbonyl (C=O) groups excluding carboxylic acids is 2. The molecule has 0 heterocycles. The highest BCUT2D eigenvalue weighted by Gasteiger charge is 2.30. The van der Waals surface area contributed by atoms with Crippen LogP contribution in [0.15, 0.2) is 0 Å². The molecule has 0 bridgehead atoms. The Balaban J connectivity index is 2.65. The van der Waals surface area contributed by atoms with Gasteiger partial charge in [-0.05, 0) is 12.8 Å². The molecule has 1 amide bonds. The van der Waals surface area contributed by atoms with E-state index in [4.69, 9.17) is 0 Å². The van der Waals surface area contributed by atoms with Crippen molar-refractivity contribution in [3.63, 3.8) is 0 Å². The molecule has 0 radical (unpaired) electrons. The number of alkyl carbamates (subject to hydrolysis) is 1. The van der Waals surface area contributed by atoms with Gasteiger partial charge in [-0.15, -0.1) is 0 Å². The van der Waals surface area contributed by atoms with Gasteiger partial charge in [0.2, 0.25) is 0 Å². The van der Waals surface area contributed by atoms with Gasteiger partial charge in [-0.2, -0.15) is 0 Å². The lowest BCUT2D eigenvalue weighted by Crippen LogP contribution is -2.43. The molecular weight excluding hydrogens is 274 g/mol. The zero-order valence-electron chi connectivity index (χ0n) is 9.50. The Morgan fingerprint density at radius 2 is 2.00 bits per heavy atom. The minimum absolute atomic E-state index is 0.0685. The number of amides is 1. The molecule has 1 saturated carbocycles. The molecule has 16 heavy (non-hydrogen) atoms. The first-order valence-electron chi connectivity index (χ1n) is 5.62. The summed E-state index contributed by atoms with van der Waals surface area (Å²) in [7, 11) is 1.34. The van der Waals surface area contributed by atoms with Gasteiger partial charge in [-0.1, -0.05) is 35.2 Å². The third-order valence-corrected chi connectivity index (χ3v) is 3.60. The van der Waals surface area contributed by atoms with Gasteiger partial charge < -0.3 is 10.1 Å². The van der Waals surface area contributed by atoms with Crippen molar-refractivity contribution in [2.75, 3.05) is 12.4 Å². The van der Waals surface area contributed by atoms with Crippen LogP contribution in [0.4, 0.5) is 4.79 Å². The average molecular weight is 292 g/mol. The molecule has 2 atom stereocenters. The number of carbonyl (C=O) groups is 2. The van der Waals surface area contributed by atoms with Crippen LogP contribution in [0.3, 0.4) is 0 Å². The van der Waals surface area contributed by atoms with Gasteiger partial charge >= 0.3 is 6.09 Å². The molecule has 0 aromatic carbocycles. The van der Waals surface area contributed by atoms with Crippen molar-refractivity contribution in [2.24, 2.45) is 5.92 Å². The van der Waals surface area contributed by atoms with E-state index in [0.717, 1.165) is 32.1 Å². The van der Waals surface area contributed by atoms with Crippen LogP contribution < -0.4 is 5.32 Å². The van der Waals surface area contributed by atoms with Crippen LogP contribution in [0.5, 0.6) is 0 Å². The van der Waals surface area contributed by atoms with Crippen molar-refractivity contribution in [1.82, 2.24) is 5.32 Å². The largest absolute Gasteiger partial charge is 0.453 e. The minimum atomic E-state index is -0.445. The van der Waals surface area contributed by atoms with Crippen LogP contribution in [0.25, 0.3) is 0 Å². The Labute approximate surface area is 104 Å². The first kappa shape index (κ1) is 13.5. The van der Waals surface area contributed by atoms with Crippen molar-refractivity contribution in [3.8, 4) is 0 Å². The van der Waals surface area contributed by atoms with E-state index in [0.29, 0.717) is 5.33 Å². The molecule has 0 aromatic rings. The number of Topliss-reactive ketones (excluding diaryl/α,β-unsaturated/α-hetero) is 1. The van der Waals surface area contributed by atoms with Crippen LogP contribution in [0.2, 0.25) is 0 Å². The Morgan fingerprint density at radius 1 is 1.31 bits per heavy atom. The summed E-state index contributed by atoms with van der Waals surface area (Å²) >= 11 is 3.19. The summed E-state index contributed by atoms with van der Waals surface area (Å²) in [5, 5.41) is 3.13. The van der Waals surface area contributed by atoms with Crippen molar-refractivity contribution in [3.05, 3.63) is 0 Å². The lowest BCUT2D eigenvalue weighted by Gasteiger charge is -2.23. The maximum absolute atomic E-state index is 11.8. The molecule has 1 N–H and O–H groups in total. The minimum Gasteiger partial charge on any atom is -0.453 e. The van der Waals surface area contributed by atoms with Gasteiger partial charge in [0, 0.05) is 12.0 Å². The van der Waals surface area contributed by atoms with E-state index in [1.54, 1.807) is 0 Å². The quantitative estimate of drug-likeness (QED) is 0.641. The second-order valence-electron chi connectivity index (χ2n) is 4.09. The van der Waals surface area contributed by atoms with E-state index in [9.17, 15) is 9.59 Å². The van der Waals surface area contributed by atoms with Gasteiger partial charge in [0.25, 0.3) is 0 Å². The molecule has 0 saturated heterocycles. The Kier molecular flexibility index (Phi) is 5.80. The fourth-order valence-electron chi connectivity index (χ4n) is 2.18. The fourth-order valence-corrected chi connectivity index (χ4v) is 2.59. The predicted octanol–water partition coefficient (Wildman–Crippen LogP) is 2.26. The lowest BCUT2D eigenvalue weighted by molar-refractivity contribution is -0.121. The van der Waals surface area contributed by atoms with Crippen LogP contribution in [0, 0.1) is 5.92 Å². The summed E-state index contributed by atoms with van der Waals surface area (Å²) in [6.45, 7) is 0. The Morgan fingerprint density at radius 3 is 2.62 bits per heavy atom. The van der Waals surface area contributed by atoms with Gasteiger partial charge in [-0.3, -0.25) is 4.79 Å². The van der Waals surface area contributed by atoms with Gasteiger partial charge in [0.15, 0.2) is 0 Å². The van der Waals surface area contributed by atoms with Crippen molar-refractivity contribution in [2.45, 2.75) is 38.1 Å². The van der Waals surface area contributed by atoms with Crippen molar-refractivity contribution in [1.29, 1.82) is 0 Å². The highest BCUT2D eigenvalue weighted by atomic mass is 79.9. The summed E-state index contributed by atoms with van der Waals surface area (Å²) in [5.41, 5.74) is 0. The lowest BCUT2D eigenvalue weighted by atomic mass is 9.91. The highest BCUT2D eigenvalue weighted by Crippen LogP contribution is 2.25. The van der Waals surface area contributed by atoms with Crippen LogP contribution in [0.1, 0.15) is 32.1 Å². The number of ketones is 1. The van der Waals surface area contributed by atoms with E-state index < -0.39 is 6.09 Å². The summed E-state index contributed by atoms with van der Waals surface area (Å²) in [6, 6.07) is -0.0694. The SMILES string of the molecule is COC(=O)NC1CCCCCC1C(=O)CBr. The molecule has 1 aliphatic carbocycles. The third-order valence-electron chi connectivity index (χ3n) is 3.05. The van der Waals surface area contributed by atoms with E-state index in [1.807, 2.05) is 0 Å². The van der Waals surface area contributed by atoms with Crippen LogP contribution in [-0.2, 0) is 9.53 Å². The van der Waals surface area contributed by atoms with E-state index in [-0.39, 0.29) is 17.7 Å². The summed E-state index contributed by atoms with van der Waals surface area (Å²) in [6.07, 6.45) is 4.52. The van der Waals surface area contributed by atoms with Gasteiger partial charge in [0.1, 0.15) is 5.78 Å². The summed E-state index contributed by atoms with van der Waals surface area (Å²) in [5.74, 6) is 0.101. The number of alkyl halides is 1. The van der Waals surface area contributed by atoms with Gasteiger partial charge in [-0.25, -0.2) is 4.79 Å². The second-order valence-corrected chi connectivity index (χ2v) is 4.65. The normalized spacial score (nSPS) is 25.6. The standard InChI is InChI=1S/C11H18BrNO3/c1-16-11(15)13-9-6-4-2-3-5-8(9)10(14)7-12/h8-9H,2-7H2,1H3,(H,13,15). The highest BCUT2D eigenvalue weighted by molar-refractivity contribution is 9.09. The Hall–Kier alpha value is -0.580. The number of methoxy groups -OCH3 is 1. The average Bonchev–Trinajstić information content (AvgIpc) is 2.53. The van der Waals surface area contributed by atoms with Crippen molar-refractivity contribution < 1.29 is 14.3 Å². The molecule has 2 unspecified atom stereocenters. The molecule has 1 rings (SSSR count). The maximum Gasteiger partial charge on any atom is 0.407 e. The van der Waals surface area contributed by atoms with E-state index >= 15 is 0 Å². The summed E-state index contributed by atoms with van der Waals surface area (Å²) in [4.78, 5) is 23.0. The second kappa shape index (κ2) is 6.89. The number of rotatable bonds is 3. The maximum atomic E-state index is 11.8. The van der Waals surface area contributed by atoms with Crippen molar-refractivity contribution >= 4 is 27.8 Å². The monoisotopic (exact) mass is 291 g/mol. The van der Waals surface area contributed by atoms with E-state index in [1.165, 1.54) is 7.11 Å². The fraction of sp³-hybridized carbons (Fsp3) is 0.818. The molecule has 0 aliphatic heterocycles. The summed E-state index contributed by atoms with van der Waals surface area (Å²) < 4.78 is 4.58. The van der Waals surface area contributed by atoms with Crippen LogP contribution in [-0.4, -0.2) is 30.4 Å². The number of nitrogens with one attached hydrogen (secondary N) is 1. The Bertz CT molecular complexity index is 258. The molecule has 92 valence electrons. The van der Waals surface area contributed by atoms with Gasteiger partial charge in [0.05, 0.1) is 12.4 Å². The molecular formula is C11H18BrNO3. The van der Waals surface area contributed by atoms with E-state index in [2.05, 4.69) is 26.0 Å². The smallest absolute Gasteiger partial charge is 0.407 e. The third kappa shape index (κ3) is 3.77. The van der Waals surface area contributed by atoms with Crippen LogP contribution >= 0.6 is 15.9 Å². The number of hydrogen-bond acceptors (Lipinski definition) is 3. The first-order valence-corrected chi connectivity index (χ1v) is 6.74. The zero-order valence-corrected chi connectivity index (χ0v) is 11.1. The molecule has 1 fully saturated rings. The first-order chi connectivity index (χ1) is 7.69. The molecule has 1 aliphatic rings. The molecule has 0 aromatic heterocycles. The zero-order chi connectivity index (χ0) is 12.0. The molecule has 4 nitrogen and oxygen atoms in total. The topological polar surface area (TPSA) is 55.4 Å².